The summed E-state index contributed by atoms with van der Waals surface area (Å²) in [6, 6.07) is -3.22. The maximum absolute atomic E-state index is 12.6. The number of aliphatic carboxylic acids is 4. The second-order valence-electron chi connectivity index (χ2n) is 9.84. The zero-order chi connectivity index (χ0) is 36.6. The molecule has 22 heteroatoms. The van der Waals surface area contributed by atoms with Gasteiger partial charge in [0.15, 0.2) is 0 Å². The zero-order valence-electron chi connectivity index (χ0n) is 25.0. The molecule has 0 aromatic heterocycles. The van der Waals surface area contributed by atoms with Crippen molar-refractivity contribution in [3.05, 3.63) is 12.1 Å². The van der Waals surface area contributed by atoms with Crippen LogP contribution in [0.15, 0.2) is 21.9 Å². The first-order valence-corrected chi connectivity index (χ1v) is 15.7. The predicted molar refractivity (Wildman–Crippen MR) is 166 cm³/mol. The fourth-order valence-corrected chi connectivity index (χ4v) is 5.37. The summed E-state index contributed by atoms with van der Waals surface area (Å²) in [5.74, 6) is -10.2. The van der Waals surface area contributed by atoms with Crippen molar-refractivity contribution in [2.75, 3.05) is 24.6 Å². The molecule has 266 valence electrons. The van der Waals surface area contributed by atoms with E-state index in [-0.39, 0.29) is 47.0 Å². The molecule has 14 N–H and O–H groups in total. The number of carbonyl (C=O) groups excluding carboxylic acids is 4. The zero-order valence-corrected chi connectivity index (χ0v) is 26.7. The Labute approximate surface area is 280 Å². The number of carboxylic acids is 4. The van der Waals surface area contributed by atoms with Crippen molar-refractivity contribution in [2.45, 2.75) is 59.6 Å². The normalized spacial score (nSPS) is 13.2. The number of thioether (sulfide) groups is 2. The van der Waals surface area contributed by atoms with Crippen LogP contribution in [-0.2, 0) is 38.4 Å². The number of phenols is 2. The van der Waals surface area contributed by atoms with Gasteiger partial charge in [0.25, 0.3) is 0 Å². The number of hydrogen-bond acceptors (Lipinski definition) is 14. The molecule has 0 bridgehead atoms. The second kappa shape index (κ2) is 20.4. The number of carbonyl (C=O) groups is 8. The molecule has 1 aromatic carbocycles. The number of carboxylic acid groups (broad SMARTS) is 4. The number of aromatic hydroxyl groups is 2. The van der Waals surface area contributed by atoms with Crippen molar-refractivity contribution < 1.29 is 69.0 Å². The van der Waals surface area contributed by atoms with Gasteiger partial charge in [-0.2, -0.15) is 0 Å². The Morgan fingerprint density at radius 2 is 0.958 bits per heavy atom. The minimum absolute atomic E-state index is 0.00820. The molecule has 0 aliphatic rings. The molecule has 0 radical (unpaired) electrons. The molecule has 48 heavy (non-hydrogen) atoms. The van der Waals surface area contributed by atoms with Gasteiger partial charge in [-0.25, -0.2) is 0 Å². The molecule has 0 aliphatic heterocycles. The van der Waals surface area contributed by atoms with Crippen LogP contribution in [0.4, 0.5) is 0 Å². The topological polar surface area (TPSA) is 358 Å². The third-order valence-corrected chi connectivity index (χ3v) is 8.26. The molecule has 0 saturated heterocycles. The summed E-state index contributed by atoms with van der Waals surface area (Å²) in [4.78, 5) is 93.4. The Morgan fingerprint density at radius 3 is 1.25 bits per heavy atom. The number of nitrogens with one attached hydrogen (secondary N) is 4. The van der Waals surface area contributed by atoms with Crippen LogP contribution >= 0.6 is 23.5 Å². The van der Waals surface area contributed by atoms with Crippen LogP contribution in [0.1, 0.15) is 25.7 Å². The highest BCUT2D eigenvalue weighted by molar-refractivity contribution is 8.00. The highest BCUT2D eigenvalue weighted by Gasteiger charge is 2.26. The lowest BCUT2D eigenvalue weighted by Crippen LogP contribution is -2.49. The largest absolute Gasteiger partial charge is 0.507 e. The Hall–Kier alpha value is -4.80. The molecule has 0 saturated carbocycles. The summed E-state index contributed by atoms with van der Waals surface area (Å²) in [6.07, 6.45) is -1.25. The first-order valence-electron chi connectivity index (χ1n) is 13.8. The van der Waals surface area contributed by atoms with E-state index in [9.17, 15) is 48.6 Å². The average molecular weight is 721 g/mol. The van der Waals surface area contributed by atoms with E-state index in [0.29, 0.717) is 0 Å². The molecule has 0 heterocycles. The Bertz CT molecular complexity index is 1280. The second-order valence-corrected chi connectivity index (χ2v) is 12.0. The molecule has 0 fully saturated rings. The summed E-state index contributed by atoms with van der Waals surface area (Å²) in [7, 11) is 0. The molecule has 4 atom stereocenters. The molecule has 4 amide bonds. The minimum atomic E-state index is -1.37. The van der Waals surface area contributed by atoms with Crippen LogP contribution in [0, 0.1) is 0 Å². The van der Waals surface area contributed by atoms with Gasteiger partial charge in [0.2, 0.25) is 23.6 Å². The van der Waals surface area contributed by atoms with Crippen molar-refractivity contribution in [1.82, 2.24) is 21.3 Å². The van der Waals surface area contributed by atoms with Gasteiger partial charge in [-0.15, -0.1) is 23.5 Å². The smallest absolute Gasteiger partial charge is 0.322 e. The van der Waals surface area contributed by atoms with Crippen LogP contribution in [-0.4, -0.2) is 127 Å². The Balaban J connectivity index is 3.03. The van der Waals surface area contributed by atoms with Crippen LogP contribution in [0.3, 0.4) is 0 Å². The van der Waals surface area contributed by atoms with Crippen LogP contribution < -0.4 is 32.7 Å². The van der Waals surface area contributed by atoms with E-state index in [1.54, 1.807) is 0 Å². The summed E-state index contributed by atoms with van der Waals surface area (Å²) in [5, 5.41) is 65.5. The molecule has 0 aliphatic carbocycles. The molecule has 20 nitrogen and oxygen atoms in total. The van der Waals surface area contributed by atoms with Crippen molar-refractivity contribution in [1.29, 1.82) is 0 Å². The minimum Gasteiger partial charge on any atom is -0.507 e. The molecular formula is C26H36N6O14S2. The fraction of sp³-hybridized carbons (Fsp3) is 0.462. The Morgan fingerprint density at radius 1 is 0.625 bits per heavy atom. The summed E-state index contributed by atoms with van der Waals surface area (Å²) in [5.41, 5.74) is 10.8. The van der Waals surface area contributed by atoms with Gasteiger partial charge in [0.05, 0.1) is 9.79 Å². The van der Waals surface area contributed by atoms with E-state index in [1.165, 1.54) is 0 Å². The summed E-state index contributed by atoms with van der Waals surface area (Å²) in [6.45, 7) is -1.55. The van der Waals surface area contributed by atoms with Crippen molar-refractivity contribution in [3.63, 3.8) is 0 Å². The van der Waals surface area contributed by atoms with E-state index in [1.807, 2.05) is 0 Å². The van der Waals surface area contributed by atoms with Crippen molar-refractivity contribution >= 4 is 71.0 Å². The third-order valence-electron chi connectivity index (χ3n) is 5.98. The van der Waals surface area contributed by atoms with Crippen molar-refractivity contribution in [2.24, 2.45) is 11.5 Å². The first-order chi connectivity index (χ1) is 22.4. The number of phenolic OH excluding ortho intramolecular Hbond substituents is 2. The SMILES string of the molecule is N[C@@H](CCC(=O)N[C@H](CSc1cc(O)c(SC[C@@H](NC(=O)CC[C@H](N)C(=O)O)C(=O)NCC(=O)O)cc1O)C(=O)NCC(=O)O)C(=O)O. The highest BCUT2D eigenvalue weighted by atomic mass is 32.2. The third kappa shape index (κ3) is 15.7. The lowest BCUT2D eigenvalue weighted by molar-refractivity contribution is -0.140. The maximum atomic E-state index is 12.6. The van der Waals surface area contributed by atoms with E-state index < -0.39 is 96.3 Å². The average Bonchev–Trinajstić information content (AvgIpc) is 3.01. The van der Waals surface area contributed by atoms with Gasteiger partial charge in [-0.05, 0) is 25.0 Å². The van der Waals surface area contributed by atoms with Gasteiger partial charge in [-0.1, -0.05) is 0 Å². The maximum Gasteiger partial charge on any atom is 0.322 e. The number of nitrogens with two attached hydrogens (primary N) is 2. The quantitative estimate of drug-likeness (QED) is 0.0420. The van der Waals surface area contributed by atoms with Gasteiger partial charge in [0, 0.05) is 24.3 Å². The molecule has 0 spiro atoms. The van der Waals surface area contributed by atoms with Gasteiger partial charge in [0.1, 0.15) is 48.8 Å². The van der Waals surface area contributed by atoms with Gasteiger partial charge < -0.3 is 63.4 Å². The van der Waals surface area contributed by atoms with Crippen LogP contribution in [0.5, 0.6) is 11.5 Å². The number of amides is 4. The van der Waals surface area contributed by atoms with E-state index >= 15 is 0 Å². The fourth-order valence-electron chi connectivity index (χ4n) is 3.41. The number of benzene rings is 1. The highest BCUT2D eigenvalue weighted by Crippen LogP contribution is 2.39. The lowest BCUT2D eigenvalue weighted by Gasteiger charge is -2.19. The molecular weight excluding hydrogens is 684 g/mol. The summed E-state index contributed by atoms with van der Waals surface area (Å²) < 4.78 is 0. The van der Waals surface area contributed by atoms with Crippen molar-refractivity contribution in [3.8, 4) is 11.5 Å². The van der Waals surface area contributed by atoms with E-state index in [2.05, 4.69) is 21.3 Å². The van der Waals surface area contributed by atoms with E-state index in [0.717, 1.165) is 35.7 Å². The lowest BCUT2D eigenvalue weighted by atomic mass is 10.1. The predicted octanol–water partition coefficient (Wildman–Crippen LogP) is -2.96. The van der Waals surface area contributed by atoms with Crippen LogP contribution in [0.2, 0.25) is 0 Å². The molecule has 1 aromatic rings. The number of rotatable bonds is 22. The first kappa shape index (κ1) is 41.2. The number of hydrogen-bond donors (Lipinski definition) is 12. The van der Waals surface area contributed by atoms with Crippen LogP contribution in [0.25, 0.3) is 0 Å². The Kier molecular flexibility index (Phi) is 17.6. The molecule has 1 rings (SSSR count). The monoisotopic (exact) mass is 720 g/mol. The van der Waals surface area contributed by atoms with Gasteiger partial charge in [-0.3, -0.25) is 38.4 Å². The van der Waals surface area contributed by atoms with E-state index in [4.69, 9.17) is 31.9 Å². The van der Waals surface area contributed by atoms with Gasteiger partial charge >= 0.3 is 23.9 Å². The molecule has 0 unspecified atom stereocenters. The summed E-state index contributed by atoms with van der Waals surface area (Å²) >= 11 is 1.56. The standard InChI is InChI=1S/C26H36N6O14S2/c27-11(25(43)44)1-3-19(35)31-13(23(41)29-7-21(37)38)9-47-17-5-16(34)18(6-15(17)33)48-10-14(24(42)30-8-22(39)40)32-20(36)4-2-12(28)26(45)46/h5-6,11-14,33-34H,1-4,7-10,27-28H2,(H,29,41)(H,30,42)(H,31,35)(H,32,36)(H,37,38)(H,39,40)(H,43,44)(H,45,46)/t11-,12-,13+,14+/m0/s1.